The lowest BCUT2D eigenvalue weighted by Crippen LogP contribution is -2.33. The minimum absolute atomic E-state index is 0.0271. The van der Waals surface area contributed by atoms with Crippen molar-refractivity contribution >= 4 is 38.9 Å². The molecule has 0 bridgehead atoms. The third-order valence-electron chi connectivity index (χ3n) is 5.09. The number of hydrogen-bond acceptors (Lipinski definition) is 10. The summed E-state index contributed by atoms with van der Waals surface area (Å²) >= 11 is 0. The van der Waals surface area contributed by atoms with E-state index in [9.17, 15) is 18.0 Å². The van der Waals surface area contributed by atoms with E-state index in [-0.39, 0.29) is 63.8 Å². The highest BCUT2D eigenvalue weighted by atomic mass is 32.2. The smallest absolute Gasteiger partial charge is 0.342 e. The van der Waals surface area contributed by atoms with Crippen LogP contribution in [0.5, 0.6) is 0 Å². The van der Waals surface area contributed by atoms with Gasteiger partial charge in [0.1, 0.15) is 17.1 Å². The largest absolute Gasteiger partial charge is 0.462 e. The first kappa shape index (κ1) is 25.1. The molecule has 11 nitrogen and oxygen atoms in total. The van der Waals surface area contributed by atoms with Crippen LogP contribution in [-0.4, -0.2) is 54.3 Å². The Morgan fingerprint density at radius 3 is 2.53 bits per heavy atom. The number of nitrogens with two attached hydrogens (primary N) is 1. The molecule has 34 heavy (non-hydrogen) atoms. The summed E-state index contributed by atoms with van der Waals surface area (Å²) in [5.41, 5.74) is 6.26. The second-order valence-corrected chi connectivity index (χ2v) is 9.68. The molecule has 0 atom stereocenters. The van der Waals surface area contributed by atoms with E-state index in [2.05, 4.69) is 9.97 Å². The van der Waals surface area contributed by atoms with Crippen LogP contribution in [-0.2, 0) is 26.1 Å². The highest BCUT2D eigenvalue weighted by molar-refractivity contribution is 7.89. The fourth-order valence-electron chi connectivity index (χ4n) is 3.14. The van der Waals surface area contributed by atoms with Gasteiger partial charge in [-0.25, -0.2) is 23.0 Å². The molecule has 182 valence electrons. The third kappa shape index (κ3) is 4.87. The van der Waals surface area contributed by atoms with Crippen molar-refractivity contribution in [3.05, 3.63) is 47.0 Å². The van der Waals surface area contributed by atoms with E-state index in [0.717, 1.165) is 0 Å². The number of benzene rings is 1. The Hall–Kier alpha value is -3.51. The number of carbonyl (C=O) groups excluding carboxylic acids is 2. The number of ether oxygens (including phenoxy) is 2. The molecule has 0 amide bonds. The van der Waals surface area contributed by atoms with Gasteiger partial charge in [-0.05, 0) is 45.9 Å². The first-order chi connectivity index (χ1) is 16.0. The van der Waals surface area contributed by atoms with Gasteiger partial charge >= 0.3 is 11.9 Å². The van der Waals surface area contributed by atoms with Gasteiger partial charge < -0.3 is 19.6 Å². The fourth-order valence-corrected chi connectivity index (χ4v) is 4.55. The van der Waals surface area contributed by atoms with Crippen LogP contribution in [0.15, 0.2) is 33.6 Å². The molecule has 0 aliphatic rings. The zero-order valence-corrected chi connectivity index (χ0v) is 20.3. The second-order valence-electron chi connectivity index (χ2n) is 7.68. The van der Waals surface area contributed by atoms with Crippen LogP contribution >= 0.6 is 0 Å². The number of hydrogen-bond donors (Lipinski definition) is 1. The molecule has 0 fully saturated rings. The Labute approximate surface area is 196 Å². The van der Waals surface area contributed by atoms with E-state index in [0.29, 0.717) is 0 Å². The molecule has 0 spiro atoms. The number of carbonyl (C=O) groups is 2. The molecule has 3 rings (SSSR count). The lowest BCUT2D eigenvalue weighted by Gasteiger charge is -2.21. The highest BCUT2D eigenvalue weighted by Gasteiger charge is 2.25. The summed E-state index contributed by atoms with van der Waals surface area (Å²) in [4.78, 5) is 33.0. The number of fused-ring (bicyclic) bond motifs is 1. The van der Waals surface area contributed by atoms with Gasteiger partial charge in [-0.1, -0.05) is 6.07 Å². The number of aromatic nitrogens is 2. The van der Waals surface area contributed by atoms with Crippen LogP contribution in [0.1, 0.15) is 53.1 Å². The van der Waals surface area contributed by atoms with Crippen molar-refractivity contribution in [1.82, 2.24) is 14.3 Å². The van der Waals surface area contributed by atoms with Crippen LogP contribution in [0.3, 0.4) is 0 Å². The first-order valence-corrected chi connectivity index (χ1v) is 11.9. The van der Waals surface area contributed by atoms with Crippen molar-refractivity contribution in [3.8, 4) is 0 Å². The van der Waals surface area contributed by atoms with Gasteiger partial charge in [0.05, 0.1) is 22.5 Å². The molecule has 2 aromatic heterocycles. The maximum Gasteiger partial charge on any atom is 0.342 e. The lowest BCUT2D eigenvalue weighted by atomic mass is 10.2. The normalized spacial score (nSPS) is 11.9. The van der Waals surface area contributed by atoms with E-state index in [1.165, 1.54) is 35.6 Å². The summed E-state index contributed by atoms with van der Waals surface area (Å²) < 4.78 is 42.4. The van der Waals surface area contributed by atoms with Crippen molar-refractivity contribution in [3.63, 3.8) is 0 Å². The molecule has 0 saturated carbocycles. The average Bonchev–Trinajstić information content (AvgIpc) is 3.13. The van der Waals surface area contributed by atoms with Crippen molar-refractivity contribution in [2.45, 2.75) is 45.2 Å². The number of esters is 2. The van der Waals surface area contributed by atoms with Crippen LogP contribution in [0.4, 0.5) is 5.82 Å². The predicted molar refractivity (Wildman–Crippen MR) is 123 cm³/mol. The van der Waals surface area contributed by atoms with Crippen LogP contribution in [0.2, 0.25) is 0 Å². The summed E-state index contributed by atoms with van der Waals surface area (Å²) in [6.07, 6.45) is 0. The minimum Gasteiger partial charge on any atom is -0.462 e. The quantitative estimate of drug-likeness (QED) is 0.466. The molecule has 0 unspecified atom stereocenters. The van der Waals surface area contributed by atoms with Gasteiger partial charge in [0, 0.05) is 13.1 Å². The third-order valence-corrected chi connectivity index (χ3v) is 7.12. The van der Waals surface area contributed by atoms with Crippen molar-refractivity contribution in [2.75, 3.05) is 19.4 Å². The van der Waals surface area contributed by atoms with Crippen molar-refractivity contribution in [1.29, 1.82) is 0 Å². The first-order valence-electron chi connectivity index (χ1n) is 10.4. The van der Waals surface area contributed by atoms with Gasteiger partial charge in [0.25, 0.3) is 0 Å². The van der Waals surface area contributed by atoms with Crippen molar-refractivity contribution in [2.24, 2.45) is 0 Å². The van der Waals surface area contributed by atoms with Gasteiger partial charge in [0.2, 0.25) is 15.7 Å². The van der Waals surface area contributed by atoms with E-state index in [4.69, 9.17) is 19.6 Å². The number of rotatable bonds is 8. The standard InChI is InChI=1S/C22H26N4O7S/c1-6-31-22(28)17-13(4)33-20-18(17)19(23)24-16(25-20)11-32-21(27)14-8-7-9-15(10-14)34(29,30)26(5)12(2)3/h7-10,12H,6,11H2,1-5H3,(H2,23,24,25). The maximum absolute atomic E-state index is 12.7. The summed E-state index contributed by atoms with van der Waals surface area (Å²) in [6, 6.07) is 5.30. The van der Waals surface area contributed by atoms with Gasteiger partial charge in [-0.15, -0.1) is 0 Å². The number of nitrogens with zero attached hydrogens (tertiary/aromatic N) is 3. The molecule has 0 aliphatic heterocycles. The molecular weight excluding hydrogens is 464 g/mol. The number of sulfonamides is 1. The Morgan fingerprint density at radius 2 is 1.88 bits per heavy atom. The predicted octanol–water partition coefficient (Wildman–Crippen LogP) is 2.68. The average molecular weight is 491 g/mol. The van der Waals surface area contributed by atoms with Crippen LogP contribution in [0, 0.1) is 6.92 Å². The fraction of sp³-hybridized carbons (Fsp3) is 0.364. The zero-order valence-electron chi connectivity index (χ0n) is 19.5. The molecular formula is C22H26N4O7S. The second kappa shape index (κ2) is 9.77. The van der Waals surface area contributed by atoms with Crippen LogP contribution < -0.4 is 5.73 Å². The molecule has 1 aromatic carbocycles. The molecule has 3 aromatic rings. The van der Waals surface area contributed by atoms with Crippen LogP contribution in [0.25, 0.3) is 11.1 Å². The molecule has 0 saturated heterocycles. The SMILES string of the molecule is CCOC(=O)c1c(C)oc2nc(COC(=O)c3cccc(S(=O)(=O)N(C)C(C)C)c3)nc(N)c12. The molecule has 0 aliphatic carbocycles. The summed E-state index contributed by atoms with van der Waals surface area (Å²) in [6.45, 7) is 6.56. The van der Waals surface area contributed by atoms with Gasteiger partial charge in [0.15, 0.2) is 12.4 Å². The van der Waals surface area contributed by atoms with E-state index in [1.807, 2.05) is 0 Å². The number of anilines is 1. The summed E-state index contributed by atoms with van der Waals surface area (Å²) in [7, 11) is -2.31. The van der Waals surface area contributed by atoms with E-state index < -0.39 is 22.0 Å². The Balaban J connectivity index is 1.82. The molecule has 0 radical (unpaired) electrons. The maximum atomic E-state index is 12.7. The Bertz CT molecular complexity index is 1350. The topological polar surface area (TPSA) is 155 Å². The van der Waals surface area contributed by atoms with Gasteiger partial charge in [-0.2, -0.15) is 9.29 Å². The monoisotopic (exact) mass is 490 g/mol. The minimum atomic E-state index is -3.77. The molecule has 2 N–H and O–H groups in total. The molecule has 12 heteroatoms. The summed E-state index contributed by atoms with van der Waals surface area (Å²) in [5, 5.41) is 0.221. The highest BCUT2D eigenvalue weighted by Crippen LogP contribution is 2.29. The number of furan rings is 1. The Kier molecular flexibility index (Phi) is 7.22. The lowest BCUT2D eigenvalue weighted by molar-refractivity contribution is 0.0461. The molecule has 2 heterocycles. The Morgan fingerprint density at radius 1 is 1.18 bits per heavy atom. The van der Waals surface area contributed by atoms with Gasteiger partial charge in [-0.3, -0.25) is 0 Å². The van der Waals surface area contributed by atoms with Crippen molar-refractivity contribution < 1.29 is 31.9 Å². The van der Waals surface area contributed by atoms with E-state index >= 15 is 0 Å². The zero-order chi connectivity index (χ0) is 25.2. The summed E-state index contributed by atoms with van der Waals surface area (Å²) in [5.74, 6) is -1.08. The number of nitrogen functional groups attached to an aromatic ring is 1. The van der Waals surface area contributed by atoms with E-state index in [1.54, 1.807) is 27.7 Å². The number of aryl methyl sites for hydroxylation is 1.